The summed E-state index contributed by atoms with van der Waals surface area (Å²) in [6.45, 7) is 0. The highest BCUT2D eigenvalue weighted by Crippen LogP contribution is 2.31. The van der Waals surface area contributed by atoms with Gasteiger partial charge < -0.3 is 21.1 Å². The maximum absolute atomic E-state index is 13.0. The van der Waals surface area contributed by atoms with E-state index in [1.54, 1.807) is 6.26 Å². The summed E-state index contributed by atoms with van der Waals surface area (Å²) in [4.78, 5) is 32.3. The zero-order chi connectivity index (χ0) is 23.9. The van der Waals surface area contributed by atoms with Gasteiger partial charge in [-0.2, -0.15) is 23.4 Å². The standard InChI is InChI=1S/C19H19F3N6O3S.CH4/c1-31-14(29)7-6-13(26-15-12(9-23)17(32-2)28-18(24)27-15)16(30)25-11-5-3-4-10(8-11)19(20,21)22;/h3-5,8,13H,6-7H2,1-2H3,(H,25,30)(H3,24,26,27,28);1H4/t13-;/m0./s1. The van der Waals surface area contributed by atoms with E-state index in [1.165, 1.54) is 13.2 Å². The molecule has 0 unspecified atom stereocenters. The summed E-state index contributed by atoms with van der Waals surface area (Å²) >= 11 is 1.14. The second kappa shape index (κ2) is 11.9. The van der Waals surface area contributed by atoms with Gasteiger partial charge in [0.2, 0.25) is 11.9 Å². The van der Waals surface area contributed by atoms with Crippen LogP contribution < -0.4 is 16.4 Å². The van der Waals surface area contributed by atoms with Gasteiger partial charge in [0.1, 0.15) is 22.7 Å². The fourth-order valence-corrected chi connectivity index (χ4v) is 3.14. The van der Waals surface area contributed by atoms with E-state index < -0.39 is 29.7 Å². The number of anilines is 3. The number of halogens is 3. The van der Waals surface area contributed by atoms with Crippen molar-refractivity contribution in [3.05, 3.63) is 35.4 Å². The summed E-state index contributed by atoms with van der Waals surface area (Å²) in [6.07, 6.45) is -3.19. The zero-order valence-corrected chi connectivity index (χ0v) is 17.8. The van der Waals surface area contributed by atoms with Gasteiger partial charge in [-0.05, 0) is 30.9 Å². The lowest BCUT2D eigenvalue weighted by molar-refractivity contribution is -0.141. The molecule has 2 aromatic rings. The predicted molar refractivity (Wildman–Crippen MR) is 118 cm³/mol. The van der Waals surface area contributed by atoms with Crippen LogP contribution in [-0.2, 0) is 20.5 Å². The van der Waals surface area contributed by atoms with E-state index in [-0.39, 0.29) is 48.3 Å². The first kappa shape index (κ1) is 27.5. The van der Waals surface area contributed by atoms with Crippen LogP contribution in [0, 0.1) is 11.3 Å². The van der Waals surface area contributed by atoms with E-state index in [1.807, 2.05) is 6.07 Å². The molecule has 0 fully saturated rings. The Morgan fingerprint density at radius 2 is 2.03 bits per heavy atom. The first-order valence-corrected chi connectivity index (χ1v) is 10.2. The number of carbonyl (C=O) groups excluding carboxylic acids is 2. The lowest BCUT2D eigenvalue weighted by Gasteiger charge is -2.20. The Labute approximate surface area is 192 Å². The molecule has 9 nitrogen and oxygen atoms in total. The Morgan fingerprint density at radius 3 is 2.61 bits per heavy atom. The molecular weight excluding hydrogens is 461 g/mol. The van der Waals surface area contributed by atoms with E-state index >= 15 is 0 Å². The number of ether oxygens (including phenoxy) is 1. The SMILES string of the molecule is C.COC(=O)CC[C@H](Nc1nc(N)nc(SC)c1C#N)C(=O)Nc1cccc(C(F)(F)F)c1. The van der Waals surface area contributed by atoms with Crippen molar-refractivity contribution < 1.29 is 27.5 Å². The van der Waals surface area contributed by atoms with Gasteiger partial charge in [0.25, 0.3) is 0 Å². The Morgan fingerprint density at radius 1 is 1.33 bits per heavy atom. The van der Waals surface area contributed by atoms with Gasteiger partial charge in [-0.25, -0.2) is 4.98 Å². The van der Waals surface area contributed by atoms with Crippen molar-refractivity contribution >= 4 is 41.1 Å². The number of nitrogen functional groups attached to an aromatic ring is 1. The smallest absolute Gasteiger partial charge is 0.416 e. The fraction of sp³-hybridized carbons (Fsp3) is 0.350. The monoisotopic (exact) mass is 484 g/mol. The molecule has 178 valence electrons. The van der Waals surface area contributed by atoms with Crippen molar-refractivity contribution in [2.75, 3.05) is 29.7 Å². The molecule has 2 rings (SSSR count). The molecule has 1 aromatic heterocycles. The number of hydrogen-bond acceptors (Lipinski definition) is 9. The molecule has 1 heterocycles. The Bertz CT molecular complexity index is 1040. The first-order valence-electron chi connectivity index (χ1n) is 9.02. The molecule has 0 saturated carbocycles. The largest absolute Gasteiger partial charge is 0.469 e. The summed E-state index contributed by atoms with van der Waals surface area (Å²) in [7, 11) is 1.18. The number of benzene rings is 1. The number of nitrogens with one attached hydrogen (secondary N) is 2. The van der Waals surface area contributed by atoms with Crippen LogP contribution in [0.4, 0.5) is 30.6 Å². The summed E-state index contributed by atoms with van der Waals surface area (Å²) in [5.41, 5.74) is 4.67. The number of rotatable bonds is 8. The van der Waals surface area contributed by atoms with E-state index in [0.29, 0.717) is 0 Å². The molecule has 1 amide bonds. The normalized spacial score (nSPS) is 11.5. The molecule has 4 N–H and O–H groups in total. The number of carbonyl (C=O) groups is 2. The number of nitrogens with two attached hydrogens (primary N) is 1. The average molecular weight is 485 g/mol. The van der Waals surface area contributed by atoms with Gasteiger partial charge in [-0.3, -0.25) is 9.59 Å². The van der Waals surface area contributed by atoms with Gasteiger partial charge in [0.05, 0.1) is 12.7 Å². The Balaban J connectivity index is 0.00000544. The van der Waals surface area contributed by atoms with Crippen molar-refractivity contribution in [1.82, 2.24) is 9.97 Å². The minimum absolute atomic E-state index is 0. The maximum Gasteiger partial charge on any atom is 0.416 e. The molecule has 0 aliphatic heterocycles. The third-order valence-corrected chi connectivity index (χ3v) is 4.83. The second-order valence-electron chi connectivity index (χ2n) is 6.31. The molecule has 1 aromatic carbocycles. The first-order chi connectivity index (χ1) is 15.1. The molecule has 0 aliphatic carbocycles. The third kappa shape index (κ3) is 7.53. The Kier molecular flexibility index (Phi) is 9.93. The van der Waals surface area contributed by atoms with E-state index in [4.69, 9.17) is 5.73 Å². The second-order valence-corrected chi connectivity index (χ2v) is 7.10. The number of nitrogens with zero attached hydrogens (tertiary/aromatic N) is 3. The molecule has 0 radical (unpaired) electrons. The van der Waals surface area contributed by atoms with Gasteiger partial charge >= 0.3 is 12.1 Å². The molecule has 0 saturated heterocycles. The number of hydrogen-bond donors (Lipinski definition) is 3. The van der Waals surface area contributed by atoms with Crippen molar-refractivity contribution in [3.8, 4) is 6.07 Å². The van der Waals surface area contributed by atoms with Gasteiger partial charge in [-0.1, -0.05) is 13.5 Å². The van der Waals surface area contributed by atoms with Gasteiger partial charge in [0, 0.05) is 12.1 Å². The number of alkyl halides is 3. The topological polar surface area (TPSA) is 143 Å². The number of methoxy groups -OCH3 is 1. The van der Waals surface area contributed by atoms with Crippen LogP contribution in [-0.4, -0.2) is 41.3 Å². The number of esters is 1. The quantitative estimate of drug-likeness (QED) is 0.290. The molecule has 0 spiro atoms. The lowest BCUT2D eigenvalue weighted by Crippen LogP contribution is -2.36. The summed E-state index contributed by atoms with van der Waals surface area (Å²) < 4.78 is 43.5. The number of aromatic nitrogens is 2. The third-order valence-electron chi connectivity index (χ3n) is 4.15. The van der Waals surface area contributed by atoms with Gasteiger partial charge in [0.15, 0.2) is 5.82 Å². The molecule has 0 bridgehead atoms. The molecule has 0 aliphatic rings. The molecular formula is C20H23F3N6O3S. The van der Waals surface area contributed by atoms with Crippen LogP contribution in [0.15, 0.2) is 29.3 Å². The van der Waals surface area contributed by atoms with Crippen LogP contribution in [0.1, 0.15) is 31.4 Å². The number of amides is 1. The van der Waals surface area contributed by atoms with E-state index in [0.717, 1.165) is 30.0 Å². The fourth-order valence-electron chi connectivity index (χ4n) is 2.61. The van der Waals surface area contributed by atoms with E-state index in [2.05, 4.69) is 25.3 Å². The minimum Gasteiger partial charge on any atom is -0.469 e. The molecule has 33 heavy (non-hydrogen) atoms. The van der Waals surface area contributed by atoms with Crippen LogP contribution in [0.2, 0.25) is 0 Å². The van der Waals surface area contributed by atoms with Crippen LogP contribution >= 0.6 is 11.8 Å². The highest BCUT2D eigenvalue weighted by molar-refractivity contribution is 7.98. The highest BCUT2D eigenvalue weighted by Gasteiger charge is 2.31. The van der Waals surface area contributed by atoms with Crippen LogP contribution in [0.5, 0.6) is 0 Å². The van der Waals surface area contributed by atoms with Crippen LogP contribution in [0.3, 0.4) is 0 Å². The predicted octanol–water partition coefficient (Wildman–Crippen LogP) is 3.68. The molecule has 13 heteroatoms. The average Bonchev–Trinajstić information content (AvgIpc) is 2.75. The van der Waals surface area contributed by atoms with Crippen molar-refractivity contribution in [3.63, 3.8) is 0 Å². The number of thioether (sulfide) groups is 1. The summed E-state index contributed by atoms with van der Waals surface area (Å²) in [5, 5.41) is 14.9. The van der Waals surface area contributed by atoms with Crippen molar-refractivity contribution in [1.29, 1.82) is 5.26 Å². The highest BCUT2D eigenvalue weighted by atomic mass is 32.2. The van der Waals surface area contributed by atoms with Crippen molar-refractivity contribution in [2.24, 2.45) is 0 Å². The Hall–Kier alpha value is -3.53. The maximum atomic E-state index is 13.0. The minimum atomic E-state index is -4.59. The summed E-state index contributed by atoms with van der Waals surface area (Å²) in [5.74, 6) is -1.55. The lowest BCUT2D eigenvalue weighted by atomic mass is 10.1. The van der Waals surface area contributed by atoms with Gasteiger partial charge in [-0.15, -0.1) is 11.8 Å². The van der Waals surface area contributed by atoms with Crippen molar-refractivity contribution in [2.45, 2.75) is 37.5 Å². The van der Waals surface area contributed by atoms with Crippen LogP contribution in [0.25, 0.3) is 0 Å². The summed E-state index contributed by atoms with van der Waals surface area (Å²) in [6, 6.07) is 4.87. The zero-order valence-electron chi connectivity index (χ0n) is 17.0. The molecule has 1 atom stereocenters. The van der Waals surface area contributed by atoms with E-state index in [9.17, 15) is 28.0 Å². The number of nitriles is 1.